The van der Waals surface area contributed by atoms with Crippen LogP contribution in [0.5, 0.6) is 0 Å². The predicted octanol–water partition coefficient (Wildman–Crippen LogP) is -0.390. The molecule has 0 unspecified atom stereocenters. The summed E-state index contributed by atoms with van der Waals surface area (Å²) >= 11 is 0. The zero-order valence-corrected chi connectivity index (χ0v) is 10.6. The minimum Gasteiger partial charge on any atom is -0.396 e. The van der Waals surface area contributed by atoms with Crippen LogP contribution in [0.1, 0.15) is 25.7 Å². The van der Waals surface area contributed by atoms with Crippen LogP contribution in [0.4, 0.5) is 0 Å². The number of methoxy groups -OCH3 is 1. The average Bonchev–Trinajstić information content (AvgIpc) is 2.23. The SMILES string of the molecule is COCCNS(=O)(=O)NCCCCCCO. The van der Waals surface area contributed by atoms with E-state index in [1.165, 1.54) is 7.11 Å². The molecule has 0 spiro atoms. The highest BCUT2D eigenvalue weighted by molar-refractivity contribution is 7.87. The van der Waals surface area contributed by atoms with Gasteiger partial charge in [-0.25, -0.2) is 4.72 Å². The van der Waals surface area contributed by atoms with Crippen LogP contribution in [-0.2, 0) is 14.9 Å². The van der Waals surface area contributed by atoms with Crippen LogP contribution < -0.4 is 9.44 Å². The highest BCUT2D eigenvalue weighted by Crippen LogP contribution is 1.97. The Morgan fingerprint density at radius 1 is 1.06 bits per heavy atom. The first-order chi connectivity index (χ1) is 7.62. The van der Waals surface area contributed by atoms with Gasteiger partial charge in [0.15, 0.2) is 0 Å². The van der Waals surface area contributed by atoms with Gasteiger partial charge in [0.2, 0.25) is 0 Å². The number of unbranched alkanes of at least 4 members (excludes halogenated alkanes) is 3. The molecule has 0 rings (SSSR count). The molecule has 16 heavy (non-hydrogen) atoms. The summed E-state index contributed by atoms with van der Waals surface area (Å²) in [6.07, 6.45) is 3.40. The molecule has 0 aliphatic heterocycles. The van der Waals surface area contributed by atoms with E-state index in [1.54, 1.807) is 0 Å². The maximum atomic E-state index is 11.3. The zero-order chi connectivity index (χ0) is 12.3. The summed E-state index contributed by atoms with van der Waals surface area (Å²) in [6.45, 7) is 1.26. The molecular formula is C9H22N2O4S. The van der Waals surface area contributed by atoms with Crippen molar-refractivity contribution in [1.82, 2.24) is 9.44 Å². The summed E-state index contributed by atoms with van der Waals surface area (Å²) in [5, 5.41) is 8.54. The lowest BCUT2D eigenvalue weighted by Crippen LogP contribution is -2.38. The molecule has 0 aliphatic rings. The van der Waals surface area contributed by atoms with Gasteiger partial charge in [-0.1, -0.05) is 12.8 Å². The van der Waals surface area contributed by atoms with E-state index in [1.807, 2.05) is 0 Å². The lowest BCUT2D eigenvalue weighted by Gasteiger charge is -2.07. The van der Waals surface area contributed by atoms with E-state index in [0.717, 1.165) is 25.7 Å². The average molecular weight is 254 g/mol. The highest BCUT2D eigenvalue weighted by Gasteiger charge is 2.06. The maximum Gasteiger partial charge on any atom is 0.276 e. The number of nitrogens with one attached hydrogen (secondary N) is 2. The number of rotatable bonds is 11. The molecule has 98 valence electrons. The van der Waals surface area contributed by atoms with Gasteiger partial charge in [-0.3, -0.25) is 0 Å². The predicted molar refractivity (Wildman–Crippen MR) is 62.4 cm³/mol. The van der Waals surface area contributed by atoms with Crippen molar-refractivity contribution >= 4 is 10.2 Å². The molecule has 0 fully saturated rings. The summed E-state index contributed by atoms with van der Waals surface area (Å²) in [7, 11) is -1.86. The van der Waals surface area contributed by atoms with Gasteiger partial charge in [-0.05, 0) is 12.8 Å². The number of aliphatic hydroxyl groups is 1. The van der Waals surface area contributed by atoms with Gasteiger partial charge in [-0.2, -0.15) is 13.1 Å². The first-order valence-corrected chi connectivity index (χ1v) is 6.95. The van der Waals surface area contributed by atoms with Crippen molar-refractivity contribution in [2.24, 2.45) is 0 Å². The number of ether oxygens (including phenoxy) is 1. The molecule has 0 aromatic heterocycles. The fraction of sp³-hybridized carbons (Fsp3) is 1.00. The number of hydrogen-bond donors (Lipinski definition) is 3. The van der Waals surface area contributed by atoms with E-state index in [-0.39, 0.29) is 13.2 Å². The fourth-order valence-corrected chi connectivity index (χ4v) is 1.99. The second-order valence-electron chi connectivity index (χ2n) is 3.42. The third kappa shape index (κ3) is 10.3. The Hall–Kier alpha value is -0.210. The Morgan fingerprint density at radius 2 is 1.69 bits per heavy atom. The molecule has 3 N–H and O–H groups in total. The van der Waals surface area contributed by atoms with Crippen LogP contribution in [0.2, 0.25) is 0 Å². The van der Waals surface area contributed by atoms with Crippen LogP contribution in [0.3, 0.4) is 0 Å². The molecule has 6 nitrogen and oxygen atoms in total. The van der Waals surface area contributed by atoms with Gasteiger partial charge in [0.05, 0.1) is 6.61 Å². The summed E-state index contributed by atoms with van der Waals surface area (Å²) in [6, 6.07) is 0. The molecule has 0 saturated carbocycles. The van der Waals surface area contributed by atoms with Gasteiger partial charge in [0.1, 0.15) is 0 Å². The van der Waals surface area contributed by atoms with Crippen molar-refractivity contribution in [3.05, 3.63) is 0 Å². The maximum absolute atomic E-state index is 11.3. The molecule has 7 heteroatoms. The third-order valence-electron chi connectivity index (χ3n) is 1.98. The van der Waals surface area contributed by atoms with Crippen molar-refractivity contribution < 1.29 is 18.3 Å². The van der Waals surface area contributed by atoms with E-state index in [9.17, 15) is 8.42 Å². The smallest absolute Gasteiger partial charge is 0.276 e. The van der Waals surface area contributed by atoms with Crippen LogP contribution >= 0.6 is 0 Å². The van der Waals surface area contributed by atoms with Gasteiger partial charge in [-0.15, -0.1) is 0 Å². The third-order valence-corrected chi connectivity index (χ3v) is 3.14. The Morgan fingerprint density at radius 3 is 2.31 bits per heavy atom. The van der Waals surface area contributed by atoms with Crippen molar-refractivity contribution in [1.29, 1.82) is 0 Å². The monoisotopic (exact) mass is 254 g/mol. The van der Waals surface area contributed by atoms with Crippen molar-refractivity contribution in [2.75, 3.05) is 33.4 Å². The highest BCUT2D eigenvalue weighted by atomic mass is 32.2. The van der Waals surface area contributed by atoms with Gasteiger partial charge < -0.3 is 9.84 Å². The summed E-state index contributed by atoms with van der Waals surface area (Å²) in [4.78, 5) is 0. The quantitative estimate of drug-likeness (QED) is 0.438. The molecule has 0 aromatic rings. The first kappa shape index (κ1) is 15.8. The number of aliphatic hydroxyl groups excluding tert-OH is 1. The zero-order valence-electron chi connectivity index (χ0n) is 9.74. The van der Waals surface area contributed by atoms with E-state index in [4.69, 9.17) is 9.84 Å². The van der Waals surface area contributed by atoms with Crippen molar-refractivity contribution in [3.8, 4) is 0 Å². The second-order valence-corrected chi connectivity index (χ2v) is 5.01. The summed E-state index contributed by atoms with van der Waals surface area (Å²) < 4.78 is 32.1. The van der Waals surface area contributed by atoms with E-state index >= 15 is 0 Å². The molecule has 0 aliphatic carbocycles. The molecule has 0 atom stereocenters. The molecule has 0 saturated heterocycles. The molecule has 0 heterocycles. The van der Waals surface area contributed by atoms with Crippen molar-refractivity contribution in [2.45, 2.75) is 25.7 Å². The van der Waals surface area contributed by atoms with Crippen molar-refractivity contribution in [3.63, 3.8) is 0 Å². The Kier molecular flexibility index (Phi) is 9.85. The Bertz CT molecular complexity index is 244. The molecule has 0 radical (unpaired) electrons. The topological polar surface area (TPSA) is 87.7 Å². The van der Waals surface area contributed by atoms with Crippen LogP contribution in [0, 0.1) is 0 Å². The molecule has 0 bridgehead atoms. The largest absolute Gasteiger partial charge is 0.396 e. The summed E-state index contributed by atoms with van der Waals surface area (Å²) in [5.74, 6) is 0. The van der Waals surface area contributed by atoms with Crippen LogP contribution in [-0.4, -0.2) is 46.9 Å². The Balaban J connectivity index is 3.43. The lowest BCUT2D eigenvalue weighted by molar-refractivity contribution is 0.204. The van der Waals surface area contributed by atoms with Crippen LogP contribution in [0.15, 0.2) is 0 Å². The molecule has 0 amide bonds. The lowest BCUT2D eigenvalue weighted by atomic mass is 10.2. The fourth-order valence-electron chi connectivity index (χ4n) is 1.13. The molecule has 0 aromatic carbocycles. The second kappa shape index (κ2) is 9.98. The van der Waals surface area contributed by atoms with E-state index in [0.29, 0.717) is 13.2 Å². The van der Waals surface area contributed by atoms with Gasteiger partial charge >= 0.3 is 0 Å². The summed E-state index contributed by atoms with van der Waals surface area (Å²) in [5.41, 5.74) is 0. The minimum absolute atomic E-state index is 0.199. The first-order valence-electron chi connectivity index (χ1n) is 5.46. The standard InChI is InChI=1S/C9H22N2O4S/c1-15-9-7-11-16(13,14)10-6-4-2-3-5-8-12/h10-12H,2-9H2,1H3. The van der Waals surface area contributed by atoms with E-state index < -0.39 is 10.2 Å². The van der Waals surface area contributed by atoms with Gasteiger partial charge in [0, 0.05) is 26.8 Å². The normalized spacial score (nSPS) is 11.9. The van der Waals surface area contributed by atoms with Crippen LogP contribution in [0.25, 0.3) is 0 Å². The Labute approximate surface area is 97.6 Å². The van der Waals surface area contributed by atoms with Gasteiger partial charge in [0.25, 0.3) is 10.2 Å². The minimum atomic E-state index is -3.38. The molecular weight excluding hydrogens is 232 g/mol. The van der Waals surface area contributed by atoms with E-state index in [2.05, 4.69) is 9.44 Å². The number of hydrogen-bond acceptors (Lipinski definition) is 4.